The number of pyridine rings is 1. The second kappa shape index (κ2) is 10.8. The molecular formula is C27H36N4O2+2. The van der Waals surface area contributed by atoms with Crippen LogP contribution in [0.1, 0.15) is 31.5 Å². The van der Waals surface area contributed by atoms with Gasteiger partial charge in [0.25, 0.3) is 5.91 Å². The van der Waals surface area contributed by atoms with Crippen LogP contribution in [-0.2, 0) is 17.6 Å². The first kappa shape index (κ1) is 23.2. The number of amides is 1. The van der Waals surface area contributed by atoms with E-state index in [-0.39, 0.29) is 5.91 Å². The van der Waals surface area contributed by atoms with Crippen molar-refractivity contribution in [3.8, 4) is 5.75 Å². The SMILES string of the molecule is CCCc1nc2ccccc2c(NC(=O)C[NH+]2CC[NH+](c3ccccc3OC)CC2)c1CC. The highest BCUT2D eigenvalue weighted by molar-refractivity contribution is 6.02. The number of hydrogen-bond acceptors (Lipinski definition) is 3. The van der Waals surface area contributed by atoms with Crippen molar-refractivity contribution in [1.82, 2.24) is 4.98 Å². The summed E-state index contributed by atoms with van der Waals surface area (Å²) in [5.41, 5.74) is 5.39. The Morgan fingerprint density at radius 2 is 1.76 bits per heavy atom. The van der Waals surface area contributed by atoms with Crippen molar-refractivity contribution in [2.75, 3.05) is 45.2 Å². The number of nitrogens with zero attached hydrogens (tertiary/aromatic N) is 1. The number of fused-ring (bicyclic) bond motifs is 1. The fourth-order valence-electron chi connectivity index (χ4n) is 4.97. The lowest BCUT2D eigenvalue weighted by Crippen LogP contribution is -3.26. The van der Waals surface area contributed by atoms with Crippen LogP contribution >= 0.6 is 0 Å². The number of benzene rings is 2. The molecule has 0 radical (unpaired) electrons. The third-order valence-corrected chi connectivity index (χ3v) is 6.64. The van der Waals surface area contributed by atoms with Crippen LogP contribution in [0, 0.1) is 0 Å². The van der Waals surface area contributed by atoms with Gasteiger partial charge in [0, 0.05) is 17.1 Å². The van der Waals surface area contributed by atoms with Gasteiger partial charge < -0.3 is 15.0 Å². The molecule has 0 unspecified atom stereocenters. The van der Waals surface area contributed by atoms with E-state index in [9.17, 15) is 4.79 Å². The normalized spacial score (nSPS) is 18.3. The molecule has 0 aliphatic carbocycles. The maximum atomic E-state index is 13.1. The van der Waals surface area contributed by atoms with Gasteiger partial charge in [0.15, 0.2) is 18.0 Å². The van der Waals surface area contributed by atoms with Crippen LogP contribution in [0.15, 0.2) is 48.5 Å². The summed E-state index contributed by atoms with van der Waals surface area (Å²) in [6.45, 7) is 8.70. The first-order valence-electron chi connectivity index (χ1n) is 12.2. The predicted molar refractivity (Wildman–Crippen MR) is 133 cm³/mol. The first-order chi connectivity index (χ1) is 16.1. The molecule has 4 rings (SSSR count). The maximum Gasteiger partial charge on any atom is 0.279 e. The minimum atomic E-state index is 0.0826. The van der Waals surface area contributed by atoms with E-state index >= 15 is 0 Å². The van der Waals surface area contributed by atoms with E-state index in [4.69, 9.17) is 9.72 Å². The van der Waals surface area contributed by atoms with Crippen LogP contribution in [0.4, 0.5) is 11.4 Å². The number of anilines is 1. The molecule has 2 heterocycles. The van der Waals surface area contributed by atoms with E-state index in [1.807, 2.05) is 30.3 Å². The fourth-order valence-corrected chi connectivity index (χ4v) is 4.97. The Labute approximate surface area is 196 Å². The van der Waals surface area contributed by atoms with E-state index in [2.05, 4.69) is 37.4 Å². The lowest BCUT2D eigenvalue weighted by molar-refractivity contribution is -0.981. The zero-order valence-corrected chi connectivity index (χ0v) is 20.0. The van der Waals surface area contributed by atoms with Gasteiger partial charge in [-0.3, -0.25) is 14.7 Å². The summed E-state index contributed by atoms with van der Waals surface area (Å²) in [6.07, 6.45) is 2.82. The quantitative estimate of drug-likeness (QED) is 0.493. The highest BCUT2D eigenvalue weighted by Crippen LogP contribution is 2.29. The monoisotopic (exact) mass is 448 g/mol. The van der Waals surface area contributed by atoms with Crippen molar-refractivity contribution in [3.05, 3.63) is 59.8 Å². The molecule has 0 bridgehead atoms. The minimum absolute atomic E-state index is 0.0826. The summed E-state index contributed by atoms with van der Waals surface area (Å²) < 4.78 is 5.54. The van der Waals surface area contributed by atoms with Gasteiger partial charge in [-0.15, -0.1) is 0 Å². The lowest BCUT2D eigenvalue weighted by Gasteiger charge is -2.29. The highest BCUT2D eigenvalue weighted by Gasteiger charge is 2.28. The molecule has 1 aliphatic heterocycles. The smallest absolute Gasteiger partial charge is 0.279 e. The number of methoxy groups -OCH3 is 1. The summed E-state index contributed by atoms with van der Waals surface area (Å²) in [4.78, 5) is 20.8. The number of para-hydroxylation sites is 3. The van der Waals surface area contributed by atoms with Gasteiger partial charge in [0.2, 0.25) is 0 Å². The van der Waals surface area contributed by atoms with Crippen molar-refractivity contribution in [1.29, 1.82) is 0 Å². The van der Waals surface area contributed by atoms with Gasteiger partial charge in [-0.25, -0.2) is 0 Å². The van der Waals surface area contributed by atoms with Crippen molar-refractivity contribution in [2.45, 2.75) is 33.1 Å². The summed E-state index contributed by atoms with van der Waals surface area (Å²) in [5, 5.41) is 4.32. The molecule has 33 heavy (non-hydrogen) atoms. The maximum absolute atomic E-state index is 13.1. The molecule has 0 atom stereocenters. The zero-order valence-electron chi connectivity index (χ0n) is 20.0. The number of piperazine rings is 1. The minimum Gasteiger partial charge on any atom is -0.491 e. The third-order valence-electron chi connectivity index (χ3n) is 6.64. The first-order valence-corrected chi connectivity index (χ1v) is 12.2. The number of hydrogen-bond donors (Lipinski definition) is 3. The molecule has 1 amide bonds. The summed E-state index contributed by atoms with van der Waals surface area (Å²) in [7, 11) is 1.73. The van der Waals surface area contributed by atoms with E-state index in [1.54, 1.807) is 7.11 Å². The third kappa shape index (κ3) is 5.18. The van der Waals surface area contributed by atoms with Crippen LogP contribution in [0.25, 0.3) is 10.9 Å². The van der Waals surface area contributed by atoms with Crippen molar-refractivity contribution in [3.63, 3.8) is 0 Å². The number of nitrogens with one attached hydrogen (secondary N) is 3. The van der Waals surface area contributed by atoms with Crippen LogP contribution < -0.4 is 19.9 Å². The number of quaternary nitrogens is 2. The summed E-state index contributed by atoms with van der Waals surface area (Å²) in [6, 6.07) is 16.4. The Kier molecular flexibility index (Phi) is 7.57. The number of carbonyl (C=O) groups excluding carboxylic acids is 1. The molecule has 2 aromatic carbocycles. The molecule has 1 saturated heterocycles. The Balaban J connectivity index is 1.45. The fraction of sp³-hybridized carbons (Fsp3) is 0.407. The molecule has 174 valence electrons. The van der Waals surface area contributed by atoms with Gasteiger partial charge in [-0.05, 0) is 30.5 Å². The van der Waals surface area contributed by atoms with Gasteiger partial charge in [-0.2, -0.15) is 0 Å². The van der Waals surface area contributed by atoms with Crippen LogP contribution in [0.3, 0.4) is 0 Å². The van der Waals surface area contributed by atoms with Crippen LogP contribution in [0.5, 0.6) is 5.75 Å². The van der Waals surface area contributed by atoms with E-state index in [0.29, 0.717) is 6.54 Å². The second-order valence-electron chi connectivity index (χ2n) is 8.81. The molecule has 6 heteroatoms. The number of aryl methyl sites for hydroxylation is 1. The molecule has 0 spiro atoms. The number of ether oxygens (including phenoxy) is 1. The number of carbonyl (C=O) groups is 1. The average molecular weight is 449 g/mol. The molecule has 1 aromatic heterocycles. The molecule has 3 N–H and O–H groups in total. The summed E-state index contributed by atoms with van der Waals surface area (Å²) in [5.74, 6) is 1.02. The Hall–Kier alpha value is -2.96. The number of aromatic nitrogens is 1. The molecule has 1 fully saturated rings. The molecule has 6 nitrogen and oxygen atoms in total. The van der Waals surface area contributed by atoms with Gasteiger partial charge in [-0.1, -0.05) is 50.6 Å². The molecular weight excluding hydrogens is 412 g/mol. The van der Waals surface area contributed by atoms with Crippen LogP contribution in [-0.4, -0.2) is 50.7 Å². The Morgan fingerprint density at radius 1 is 1.03 bits per heavy atom. The Bertz CT molecular complexity index is 1110. The highest BCUT2D eigenvalue weighted by atomic mass is 16.5. The van der Waals surface area contributed by atoms with Crippen LogP contribution in [0.2, 0.25) is 0 Å². The number of rotatable bonds is 8. The van der Waals surface area contributed by atoms with Gasteiger partial charge >= 0.3 is 0 Å². The molecule has 0 saturated carbocycles. The predicted octanol–water partition coefficient (Wildman–Crippen LogP) is 1.81. The van der Waals surface area contributed by atoms with E-state index < -0.39 is 0 Å². The second-order valence-corrected chi connectivity index (χ2v) is 8.81. The van der Waals surface area contributed by atoms with Gasteiger partial charge in [0.1, 0.15) is 26.2 Å². The Morgan fingerprint density at radius 3 is 2.48 bits per heavy atom. The molecule has 3 aromatic rings. The van der Waals surface area contributed by atoms with Gasteiger partial charge in [0.05, 0.1) is 18.3 Å². The molecule has 1 aliphatic rings. The standard InChI is InChI=1S/C27H34N4O2/c1-4-10-22-20(5-2)27(21-11-6-7-12-23(21)28-22)29-26(32)19-30-15-17-31(18-16-30)24-13-8-9-14-25(24)33-3/h6-9,11-14H,4-5,10,15-19H2,1-3H3,(H,28,29,32)/p+2. The lowest BCUT2D eigenvalue weighted by atomic mass is 10.0. The van der Waals surface area contributed by atoms with E-state index in [0.717, 1.165) is 73.5 Å². The topological polar surface area (TPSA) is 60.1 Å². The van der Waals surface area contributed by atoms with Crippen molar-refractivity contribution < 1.29 is 19.3 Å². The summed E-state index contributed by atoms with van der Waals surface area (Å²) >= 11 is 0. The largest absolute Gasteiger partial charge is 0.491 e. The van der Waals surface area contributed by atoms with Crippen molar-refractivity contribution in [2.24, 2.45) is 0 Å². The average Bonchev–Trinajstić information content (AvgIpc) is 2.85. The van der Waals surface area contributed by atoms with Crippen molar-refractivity contribution >= 4 is 28.2 Å². The zero-order chi connectivity index (χ0) is 23.2. The van der Waals surface area contributed by atoms with E-state index in [1.165, 1.54) is 21.1 Å².